The SMILES string of the molecule is CCN(CC)C(=O)COc1ccc2c(C)cc(=O)oc2c1C. The summed E-state index contributed by atoms with van der Waals surface area (Å²) in [5, 5.41) is 0.875. The third-order valence-corrected chi connectivity index (χ3v) is 3.79. The first-order chi connectivity index (χ1) is 10.5. The number of fused-ring (bicyclic) bond motifs is 1. The Bertz CT molecular complexity index is 744. The number of hydrogen-bond donors (Lipinski definition) is 0. The van der Waals surface area contributed by atoms with Crippen molar-refractivity contribution >= 4 is 16.9 Å². The Morgan fingerprint density at radius 3 is 2.55 bits per heavy atom. The average Bonchev–Trinajstić information content (AvgIpc) is 2.48. The van der Waals surface area contributed by atoms with Gasteiger partial charge in [0.25, 0.3) is 5.91 Å². The van der Waals surface area contributed by atoms with Crippen LogP contribution in [0.15, 0.2) is 27.4 Å². The lowest BCUT2D eigenvalue weighted by atomic mass is 10.1. The van der Waals surface area contributed by atoms with Crippen molar-refractivity contribution in [1.29, 1.82) is 0 Å². The molecule has 1 aromatic carbocycles. The second-order valence-electron chi connectivity index (χ2n) is 5.17. The van der Waals surface area contributed by atoms with Gasteiger partial charge in [-0.2, -0.15) is 0 Å². The maximum atomic E-state index is 12.0. The van der Waals surface area contributed by atoms with Crippen LogP contribution in [0.5, 0.6) is 5.75 Å². The van der Waals surface area contributed by atoms with E-state index in [1.54, 1.807) is 11.0 Å². The highest BCUT2D eigenvalue weighted by Crippen LogP contribution is 2.28. The van der Waals surface area contributed by atoms with Gasteiger partial charge in [0, 0.05) is 30.1 Å². The van der Waals surface area contributed by atoms with Crippen LogP contribution in [-0.4, -0.2) is 30.5 Å². The van der Waals surface area contributed by atoms with E-state index in [1.165, 1.54) is 6.07 Å². The summed E-state index contributed by atoms with van der Waals surface area (Å²) in [6, 6.07) is 5.12. The van der Waals surface area contributed by atoms with Gasteiger partial charge in [0.05, 0.1) is 0 Å². The summed E-state index contributed by atoms with van der Waals surface area (Å²) in [5.74, 6) is 0.497. The third-order valence-electron chi connectivity index (χ3n) is 3.79. The van der Waals surface area contributed by atoms with E-state index in [0.29, 0.717) is 24.4 Å². The molecule has 0 saturated carbocycles. The van der Waals surface area contributed by atoms with Crippen LogP contribution in [0.1, 0.15) is 25.0 Å². The third kappa shape index (κ3) is 3.13. The molecule has 118 valence electrons. The Morgan fingerprint density at radius 2 is 1.91 bits per heavy atom. The Labute approximate surface area is 129 Å². The van der Waals surface area contributed by atoms with Crippen molar-refractivity contribution in [3.63, 3.8) is 0 Å². The molecule has 0 bridgehead atoms. The second kappa shape index (κ2) is 6.64. The van der Waals surface area contributed by atoms with Crippen LogP contribution in [0.3, 0.4) is 0 Å². The molecule has 1 amide bonds. The molecule has 0 aliphatic rings. The van der Waals surface area contributed by atoms with Gasteiger partial charge in [-0.1, -0.05) is 0 Å². The van der Waals surface area contributed by atoms with Gasteiger partial charge in [-0.15, -0.1) is 0 Å². The van der Waals surface area contributed by atoms with Crippen LogP contribution in [-0.2, 0) is 4.79 Å². The molecular formula is C17H21NO4. The van der Waals surface area contributed by atoms with Crippen molar-refractivity contribution in [2.75, 3.05) is 19.7 Å². The maximum absolute atomic E-state index is 12.0. The maximum Gasteiger partial charge on any atom is 0.336 e. The Balaban J connectivity index is 2.28. The van der Waals surface area contributed by atoms with E-state index in [1.807, 2.05) is 33.8 Å². The summed E-state index contributed by atoms with van der Waals surface area (Å²) in [7, 11) is 0. The first-order valence-electron chi connectivity index (χ1n) is 7.42. The van der Waals surface area contributed by atoms with Gasteiger partial charge in [-0.05, 0) is 45.4 Å². The molecule has 0 atom stereocenters. The fraction of sp³-hybridized carbons (Fsp3) is 0.412. The monoisotopic (exact) mass is 303 g/mol. The largest absolute Gasteiger partial charge is 0.483 e. The van der Waals surface area contributed by atoms with E-state index < -0.39 is 0 Å². The van der Waals surface area contributed by atoms with Crippen LogP contribution < -0.4 is 10.4 Å². The predicted octanol–water partition coefficient (Wildman–Crippen LogP) is 2.66. The lowest BCUT2D eigenvalue weighted by Crippen LogP contribution is -2.34. The fourth-order valence-electron chi connectivity index (χ4n) is 2.46. The highest BCUT2D eigenvalue weighted by atomic mass is 16.5. The summed E-state index contributed by atoms with van der Waals surface area (Å²) in [6.07, 6.45) is 0. The van der Waals surface area contributed by atoms with Crippen LogP contribution in [0.25, 0.3) is 11.0 Å². The molecule has 0 aliphatic carbocycles. The Hall–Kier alpha value is -2.30. The van der Waals surface area contributed by atoms with Gasteiger partial charge < -0.3 is 14.1 Å². The molecular weight excluding hydrogens is 282 g/mol. The average molecular weight is 303 g/mol. The molecule has 0 saturated heterocycles. The molecule has 2 aromatic rings. The van der Waals surface area contributed by atoms with E-state index in [-0.39, 0.29) is 18.1 Å². The lowest BCUT2D eigenvalue weighted by molar-refractivity contribution is -0.132. The zero-order valence-corrected chi connectivity index (χ0v) is 13.4. The smallest absolute Gasteiger partial charge is 0.336 e. The summed E-state index contributed by atoms with van der Waals surface area (Å²) in [5.41, 5.74) is 1.72. The first kappa shape index (κ1) is 16.1. The number of carbonyl (C=O) groups excluding carboxylic acids is 1. The molecule has 0 radical (unpaired) electrons. The number of benzene rings is 1. The molecule has 1 aromatic heterocycles. The number of rotatable bonds is 5. The number of aryl methyl sites for hydroxylation is 2. The van der Waals surface area contributed by atoms with Crippen molar-refractivity contribution < 1.29 is 13.9 Å². The molecule has 2 rings (SSSR count). The van der Waals surface area contributed by atoms with E-state index in [0.717, 1.165) is 16.5 Å². The summed E-state index contributed by atoms with van der Waals surface area (Å²) in [4.78, 5) is 25.2. The van der Waals surface area contributed by atoms with Crippen molar-refractivity contribution in [1.82, 2.24) is 4.90 Å². The molecule has 5 nitrogen and oxygen atoms in total. The Kier molecular flexibility index (Phi) is 4.85. The normalized spacial score (nSPS) is 10.7. The number of ether oxygens (including phenoxy) is 1. The summed E-state index contributed by atoms with van der Waals surface area (Å²) in [6.45, 7) is 8.84. The van der Waals surface area contributed by atoms with Crippen LogP contribution in [0.4, 0.5) is 0 Å². The highest BCUT2D eigenvalue weighted by molar-refractivity contribution is 5.85. The number of likely N-dealkylation sites (N-methyl/N-ethyl adjacent to an activating group) is 1. The number of carbonyl (C=O) groups is 1. The van der Waals surface area contributed by atoms with Gasteiger partial charge in [0.15, 0.2) is 6.61 Å². The molecule has 5 heteroatoms. The minimum atomic E-state index is -0.385. The van der Waals surface area contributed by atoms with E-state index >= 15 is 0 Å². The number of nitrogens with zero attached hydrogens (tertiary/aromatic N) is 1. The van der Waals surface area contributed by atoms with Gasteiger partial charge in [0.1, 0.15) is 11.3 Å². The number of amides is 1. The van der Waals surface area contributed by atoms with Crippen molar-refractivity contribution in [3.8, 4) is 5.75 Å². The highest BCUT2D eigenvalue weighted by Gasteiger charge is 2.13. The minimum absolute atomic E-state index is 0.0237. The summed E-state index contributed by atoms with van der Waals surface area (Å²) < 4.78 is 10.9. The van der Waals surface area contributed by atoms with Crippen LogP contribution in [0, 0.1) is 13.8 Å². The molecule has 0 fully saturated rings. The number of hydrogen-bond acceptors (Lipinski definition) is 4. The fourth-order valence-corrected chi connectivity index (χ4v) is 2.46. The van der Waals surface area contributed by atoms with Crippen molar-refractivity contribution in [2.24, 2.45) is 0 Å². The molecule has 0 N–H and O–H groups in total. The van der Waals surface area contributed by atoms with Crippen LogP contribution in [0.2, 0.25) is 0 Å². The van der Waals surface area contributed by atoms with E-state index in [9.17, 15) is 9.59 Å². The minimum Gasteiger partial charge on any atom is -0.483 e. The van der Waals surface area contributed by atoms with E-state index in [2.05, 4.69) is 0 Å². The van der Waals surface area contributed by atoms with Gasteiger partial charge in [0.2, 0.25) is 0 Å². The van der Waals surface area contributed by atoms with Gasteiger partial charge in [-0.25, -0.2) is 4.79 Å². The molecule has 0 unspecified atom stereocenters. The second-order valence-corrected chi connectivity index (χ2v) is 5.17. The predicted molar refractivity (Wildman–Crippen MR) is 85.4 cm³/mol. The molecule has 0 aliphatic heterocycles. The van der Waals surface area contributed by atoms with Crippen LogP contribution >= 0.6 is 0 Å². The van der Waals surface area contributed by atoms with E-state index in [4.69, 9.17) is 9.15 Å². The summed E-state index contributed by atoms with van der Waals surface area (Å²) >= 11 is 0. The Morgan fingerprint density at radius 1 is 1.23 bits per heavy atom. The standard InChI is InChI=1S/C17H21NO4/c1-5-18(6-2)15(19)10-21-14-8-7-13-11(3)9-16(20)22-17(13)12(14)4/h7-9H,5-6,10H2,1-4H3. The van der Waals surface area contributed by atoms with Gasteiger partial charge >= 0.3 is 5.63 Å². The topological polar surface area (TPSA) is 59.8 Å². The van der Waals surface area contributed by atoms with Crippen molar-refractivity contribution in [2.45, 2.75) is 27.7 Å². The zero-order chi connectivity index (χ0) is 16.3. The lowest BCUT2D eigenvalue weighted by Gasteiger charge is -2.19. The van der Waals surface area contributed by atoms with Gasteiger partial charge in [-0.3, -0.25) is 4.79 Å². The first-order valence-corrected chi connectivity index (χ1v) is 7.42. The molecule has 22 heavy (non-hydrogen) atoms. The molecule has 1 heterocycles. The zero-order valence-electron chi connectivity index (χ0n) is 13.4. The quantitative estimate of drug-likeness (QED) is 0.797. The van der Waals surface area contributed by atoms with Crippen molar-refractivity contribution in [3.05, 3.63) is 39.7 Å². The molecule has 0 spiro atoms.